The molecule has 4 nitrogen and oxygen atoms in total. The zero-order valence-corrected chi connectivity index (χ0v) is 26.8. The van der Waals surface area contributed by atoms with Gasteiger partial charge in [-0.1, -0.05) is 115 Å². The van der Waals surface area contributed by atoms with Gasteiger partial charge in [-0.25, -0.2) is 0 Å². The Labute approximate surface area is 253 Å². The van der Waals surface area contributed by atoms with Crippen molar-refractivity contribution < 1.29 is 26.5 Å². The van der Waals surface area contributed by atoms with Gasteiger partial charge in [0.25, 0.3) is 5.01 Å². The monoisotopic (exact) mass is 584 g/mol. The zero-order chi connectivity index (χ0) is 28.1. The minimum atomic E-state index is -0.0653. The molecule has 40 heavy (non-hydrogen) atoms. The fourth-order valence-electron chi connectivity index (χ4n) is 4.90. The van der Waals surface area contributed by atoms with Gasteiger partial charge in [0.05, 0.1) is 24.0 Å². The number of ether oxygens (including phenoxy) is 1. The summed E-state index contributed by atoms with van der Waals surface area (Å²) in [6.45, 7) is 9.63. The van der Waals surface area contributed by atoms with Crippen molar-refractivity contribution in [2.75, 3.05) is 11.9 Å². The average molecular weight is 585 g/mol. The summed E-state index contributed by atoms with van der Waals surface area (Å²) in [7, 11) is 2.04. The van der Waals surface area contributed by atoms with Gasteiger partial charge in [0.15, 0.2) is 6.20 Å². The first-order chi connectivity index (χ1) is 18.8. The highest BCUT2D eigenvalue weighted by Gasteiger charge is 2.20. The van der Waals surface area contributed by atoms with Crippen molar-refractivity contribution in [3.63, 3.8) is 0 Å². The molecule has 0 bridgehead atoms. The van der Waals surface area contributed by atoms with E-state index >= 15 is 0 Å². The number of aryl methyl sites for hydroxylation is 1. The molecule has 0 unspecified atom stereocenters. The van der Waals surface area contributed by atoms with Crippen molar-refractivity contribution in [2.24, 2.45) is 7.05 Å². The van der Waals surface area contributed by atoms with Gasteiger partial charge in [0, 0.05) is 5.69 Å². The third-order valence-corrected chi connectivity index (χ3v) is 8.15. The summed E-state index contributed by atoms with van der Waals surface area (Å²) in [6.07, 6.45) is 15.6. The SMILES string of the molecule is CCCCCCCCCCCCOc1ccc(CC(=O)Nc2cccc(-c3scc[n+]3C)c2)cc1C(C)(C)C.[Cl-]. The van der Waals surface area contributed by atoms with Crippen LogP contribution in [-0.2, 0) is 23.7 Å². The lowest BCUT2D eigenvalue weighted by Gasteiger charge is -2.24. The summed E-state index contributed by atoms with van der Waals surface area (Å²) in [5.41, 5.74) is 4.02. The smallest absolute Gasteiger partial charge is 0.268 e. The normalized spacial score (nSPS) is 11.2. The van der Waals surface area contributed by atoms with E-state index in [4.69, 9.17) is 4.74 Å². The largest absolute Gasteiger partial charge is 1.00 e. The van der Waals surface area contributed by atoms with E-state index in [-0.39, 0.29) is 23.7 Å². The molecule has 1 heterocycles. The Kier molecular flexibility index (Phi) is 14.8. The Morgan fingerprint density at radius 1 is 0.925 bits per heavy atom. The highest BCUT2D eigenvalue weighted by Crippen LogP contribution is 2.33. The molecule has 220 valence electrons. The standard InChI is InChI=1S/C34H48N2O2S.ClH/c1-6-7-8-9-10-11-12-13-14-15-22-38-31-20-19-27(24-30(31)34(2,3)4)25-32(37)35-29-18-16-17-28(26-29)33-36(5)21-23-39-33;/h16-21,23-24,26H,6-15,22,25H2,1-5H3;1H. The highest BCUT2D eigenvalue weighted by atomic mass is 35.5. The number of carbonyl (C=O) groups excluding carboxylic acids is 1. The second-order valence-corrected chi connectivity index (χ2v) is 12.6. The van der Waals surface area contributed by atoms with Crippen LogP contribution in [0.1, 0.15) is 103 Å². The fourth-order valence-corrected chi connectivity index (χ4v) is 5.76. The first-order valence-electron chi connectivity index (χ1n) is 14.9. The van der Waals surface area contributed by atoms with Crippen LogP contribution >= 0.6 is 11.3 Å². The predicted molar refractivity (Wildman–Crippen MR) is 166 cm³/mol. The number of hydrogen-bond donors (Lipinski definition) is 1. The van der Waals surface area contributed by atoms with Crippen molar-refractivity contribution in [3.8, 4) is 16.3 Å². The first kappa shape index (κ1) is 33.8. The van der Waals surface area contributed by atoms with Gasteiger partial charge in [-0.3, -0.25) is 4.79 Å². The van der Waals surface area contributed by atoms with Gasteiger partial charge < -0.3 is 22.5 Å². The molecule has 1 N–H and O–H groups in total. The van der Waals surface area contributed by atoms with E-state index in [2.05, 4.69) is 61.2 Å². The molecule has 0 aliphatic rings. The number of hydrogen-bond acceptors (Lipinski definition) is 3. The second kappa shape index (κ2) is 17.4. The van der Waals surface area contributed by atoms with E-state index in [1.807, 2.05) is 37.5 Å². The molecule has 1 aromatic heterocycles. The molecule has 6 heteroatoms. The number of anilines is 1. The van der Waals surface area contributed by atoms with Crippen LogP contribution in [0, 0.1) is 0 Å². The molecular weight excluding hydrogens is 536 g/mol. The Hall–Kier alpha value is -2.37. The highest BCUT2D eigenvalue weighted by molar-refractivity contribution is 7.12. The van der Waals surface area contributed by atoms with Crippen LogP contribution in [0.5, 0.6) is 5.75 Å². The van der Waals surface area contributed by atoms with Crippen molar-refractivity contribution >= 4 is 22.9 Å². The molecule has 0 saturated heterocycles. The minimum absolute atomic E-state index is 0. The number of thiazole rings is 1. The van der Waals surface area contributed by atoms with Crippen molar-refractivity contribution in [2.45, 2.75) is 104 Å². The summed E-state index contributed by atoms with van der Waals surface area (Å²) < 4.78 is 8.34. The molecule has 0 radical (unpaired) electrons. The molecule has 0 atom stereocenters. The van der Waals surface area contributed by atoms with Crippen molar-refractivity contribution in [1.29, 1.82) is 0 Å². The molecule has 0 spiro atoms. The van der Waals surface area contributed by atoms with E-state index in [1.54, 1.807) is 11.3 Å². The predicted octanol–water partition coefficient (Wildman–Crippen LogP) is 6.02. The maximum absolute atomic E-state index is 12.9. The summed E-state index contributed by atoms with van der Waals surface area (Å²) in [5.74, 6) is 0.931. The number of nitrogens with zero attached hydrogens (tertiary/aromatic N) is 1. The maximum atomic E-state index is 12.9. The molecule has 0 aliphatic heterocycles. The summed E-state index contributed by atoms with van der Waals surface area (Å²) in [6, 6.07) is 14.3. The number of unbranched alkanes of at least 4 members (excludes halogenated alkanes) is 9. The summed E-state index contributed by atoms with van der Waals surface area (Å²) in [4.78, 5) is 12.9. The van der Waals surface area contributed by atoms with E-state index in [9.17, 15) is 4.79 Å². The summed E-state index contributed by atoms with van der Waals surface area (Å²) in [5, 5.41) is 6.31. The van der Waals surface area contributed by atoms with Crippen LogP contribution in [0.25, 0.3) is 10.6 Å². The van der Waals surface area contributed by atoms with E-state index in [0.29, 0.717) is 6.42 Å². The van der Waals surface area contributed by atoms with Crippen LogP contribution in [0.15, 0.2) is 54.0 Å². The molecule has 0 aliphatic carbocycles. The van der Waals surface area contributed by atoms with E-state index in [0.717, 1.165) is 46.2 Å². The van der Waals surface area contributed by atoms with Gasteiger partial charge in [-0.15, -0.1) is 0 Å². The van der Waals surface area contributed by atoms with Gasteiger partial charge >= 0.3 is 0 Å². The van der Waals surface area contributed by atoms with Crippen LogP contribution in [0.2, 0.25) is 0 Å². The maximum Gasteiger partial charge on any atom is 0.268 e. The van der Waals surface area contributed by atoms with Gasteiger partial charge in [-0.05, 0) is 47.2 Å². The number of amides is 1. The quantitative estimate of drug-likeness (QED) is 0.165. The number of nitrogens with one attached hydrogen (secondary N) is 1. The Balaban J connectivity index is 0.00000560. The van der Waals surface area contributed by atoms with Crippen LogP contribution in [0.4, 0.5) is 5.69 Å². The fraction of sp³-hybridized carbons (Fsp3) is 0.529. The third kappa shape index (κ3) is 11.2. The number of benzene rings is 2. The molecule has 0 saturated carbocycles. The molecule has 1 amide bonds. The zero-order valence-electron chi connectivity index (χ0n) is 25.2. The average Bonchev–Trinajstić information content (AvgIpc) is 3.33. The number of halogens is 1. The first-order valence-corrected chi connectivity index (χ1v) is 15.8. The van der Waals surface area contributed by atoms with Crippen molar-refractivity contribution in [3.05, 3.63) is 65.2 Å². The van der Waals surface area contributed by atoms with E-state index < -0.39 is 0 Å². The molecule has 2 aromatic carbocycles. The molecule has 3 rings (SSSR count). The lowest BCUT2D eigenvalue weighted by molar-refractivity contribution is -0.655. The third-order valence-electron chi connectivity index (χ3n) is 7.15. The van der Waals surface area contributed by atoms with Gasteiger partial charge in [0.1, 0.15) is 12.8 Å². The van der Waals surface area contributed by atoms with Gasteiger partial charge in [0.2, 0.25) is 5.91 Å². The Bertz CT molecular complexity index is 1170. The molecule has 3 aromatic rings. The second-order valence-electron chi connectivity index (χ2n) is 11.7. The lowest BCUT2D eigenvalue weighted by Crippen LogP contribution is -3.00. The number of aromatic nitrogens is 1. The molecule has 0 fully saturated rings. The number of carbonyl (C=O) groups is 1. The minimum Gasteiger partial charge on any atom is -1.00 e. The topological polar surface area (TPSA) is 42.2 Å². The van der Waals surface area contributed by atoms with Crippen molar-refractivity contribution in [1.82, 2.24) is 0 Å². The van der Waals surface area contributed by atoms with Crippen LogP contribution in [-0.4, -0.2) is 12.5 Å². The number of rotatable bonds is 16. The Morgan fingerprint density at radius 3 is 2.23 bits per heavy atom. The Morgan fingerprint density at radius 2 is 1.60 bits per heavy atom. The van der Waals surface area contributed by atoms with E-state index in [1.165, 1.54) is 57.8 Å². The van der Waals surface area contributed by atoms with Crippen LogP contribution in [0.3, 0.4) is 0 Å². The molecular formula is C34H49ClN2O2S. The lowest BCUT2D eigenvalue weighted by atomic mass is 9.85. The van der Waals surface area contributed by atoms with Gasteiger partial charge in [-0.2, -0.15) is 4.57 Å². The summed E-state index contributed by atoms with van der Waals surface area (Å²) >= 11 is 1.69. The van der Waals surface area contributed by atoms with Crippen LogP contribution < -0.4 is 27.0 Å².